The third kappa shape index (κ3) is 3.89. The molecule has 0 heterocycles. The summed E-state index contributed by atoms with van der Waals surface area (Å²) in [6.07, 6.45) is 0. The molecule has 0 saturated carbocycles. The van der Waals surface area contributed by atoms with Crippen molar-refractivity contribution in [2.75, 3.05) is 16.5 Å². The quantitative estimate of drug-likeness (QED) is 0.884. The highest BCUT2D eigenvalue weighted by molar-refractivity contribution is 7.94. The number of benzene rings is 2. The molecule has 2 aromatic carbocycles. The maximum atomic E-state index is 12.2. The Bertz CT molecular complexity index is 693. The maximum Gasteiger partial charge on any atom is 0.321 e. The highest BCUT2D eigenvalue weighted by atomic mass is 32.2. The molecule has 0 amide bonds. The van der Waals surface area contributed by atoms with Gasteiger partial charge in [0.05, 0.1) is 18.5 Å². The molecule has 0 aliphatic carbocycles. The zero-order valence-electron chi connectivity index (χ0n) is 12.2. The third-order valence-corrected chi connectivity index (χ3v) is 3.15. The molecule has 6 heteroatoms. The van der Waals surface area contributed by atoms with Gasteiger partial charge in [0.25, 0.3) is 0 Å². The number of hydrogen-bond acceptors (Lipinski definition) is 3. The third-order valence-electron chi connectivity index (χ3n) is 2.27. The van der Waals surface area contributed by atoms with Crippen molar-refractivity contribution in [3.8, 4) is 5.75 Å². The van der Waals surface area contributed by atoms with Gasteiger partial charge in [-0.3, -0.25) is 9.43 Å². The van der Waals surface area contributed by atoms with Crippen LogP contribution in [0.4, 0.5) is 11.4 Å². The number of ether oxygens (including phenoxy) is 1. The van der Waals surface area contributed by atoms with Crippen molar-refractivity contribution in [1.82, 2.24) is 0 Å². The Morgan fingerprint density at radius 3 is 2.00 bits per heavy atom. The fourth-order valence-electron chi connectivity index (χ4n) is 1.42. The second-order valence-corrected chi connectivity index (χ2v) is 4.92. The molecule has 100 valence electrons. The molecule has 0 fully saturated rings. The van der Waals surface area contributed by atoms with E-state index < -0.39 is 10.2 Å². The van der Waals surface area contributed by atoms with Crippen LogP contribution in [-0.4, -0.2) is 15.5 Å². The van der Waals surface area contributed by atoms with Crippen molar-refractivity contribution in [3.63, 3.8) is 0 Å². The summed E-state index contributed by atoms with van der Waals surface area (Å²) < 4.78 is 45.5. The smallest absolute Gasteiger partial charge is 0.321 e. The van der Waals surface area contributed by atoms with E-state index in [-0.39, 0.29) is 11.4 Å². The van der Waals surface area contributed by atoms with E-state index in [0.717, 1.165) is 0 Å². The highest BCUT2D eigenvalue weighted by Gasteiger charge is 2.09. The van der Waals surface area contributed by atoms with Gasteiger partial charge in [0.1, 0.15) is 5.75 Å². The van der Waals surface area contributed by atoms with Crippen LogP contribution < -0.4 is 14.2 Å². The van der Waals surface area contributed by atoms with Crippen LogP contribution in [-0.2, 0) is 10.2 Å². The average Bonchev–Trinajstić information content (AvgIpc) is 2.54. The minimum Gasteiger partial charge on any atom is -0.497 e. The standard InChI is InChI=1S/C13H14N2O3S/c1-18-13-9-7-12(8-10-13)15-19(16,17)14-11-5-3-2-4-6-11/h2-10,14-15H,1H3/i/hD2. The molecule has 0 aromatic heterocycles. The van der Waals surface area contributed by atoms with Crippen molar-refractivity contribution in [1.29, 1.82) is 0 Å². The second kappa shape index (κ2) is 5.62. The topological polar surface area (TPSA) is 67.4 Å². The fraction of sp³-hybridized carbons (Fsp3) is 0.0769. The van der Waals surface area contributed by atoms with E-state index in [2.05, 4.69) is 0 Å². The summed E-state index contributed by atoms with van der Waals surface area (Å²) in [4.78, 5) is 0. The number of nitrogens with one attached hydrogen (secondary N) is 2. The molecule has 0 unspecified atom stereocenters. The molecule has 2 N–H and O–H groups in total. The molecule has 0 spiro atoms. The van der Waals surface area contributed by atoms with E-state index in [1.807, 2.05) is 0 Å². The largest absolute Gasteiger partial charge is 0.497 e. The van der Waals surface area contributed by atoms with Gasteiger partial charge in [-0.25, -0.2) is 0 Å². The summed E-state index contributed by atoms with van der Waals surface area (Å²) >= 11 is 0. The molecule has 5 nitrogen and oxygen atoms in total. The van der Waals surface area contributed by atoms with Crippen LogP contribution in [0.2, 0.25) is 2.82 Å². The Kier molecular flexibility index (Phi) is 3.16. The van der Waals surface area contributed by atoms with Crippen LogP contribution >= 0.6 is 0 Å². The lowest BCUT2D eigenvalue weighted by Gasteiger charge is -2.10. The first-order chi connectivity index (χ1) is 9.96. The SMILES string of the molecule is [2H]N(c1ccccc1)S(=O)(=O)N([2H])c1ccc(OC)cc1. The predicted octanol–water partition coefficient (Wildman–Crippen LogP) is 2.46. The summed E-state index contributed by atoms with van der Waals surface area (Å²) in [5.41, 5.74) is 0.271. The van der Waals surface area contributed by atoms with E-state index in [4.69, 9.17) is 7.56 Å². The summed E-state index contributed by atoms with van der Waals surface area (Å²) in [5.74, 6) is 0.551. The zero-order chi connectivity index (χ0) is 15.5. The van der Waals surface area contributed by atoms with Crippen LogP contribution in [0.3, 0.4) is 0 Å². The maximum absolute atomic E-state index is 12.2. The molecular formula is C13H14N2O3S. The predicted molar refractivity (Wildman–Crippen MR) is 75.6 cm³/mol. The number of methoxy groups -OCH3 is 1. The Balaban J connectivity index is 2.29. The molecule has 0 radical (unpaired) electrons. The van der Waals surface area contributed by atoms with Gasteiger partial charge in [-0.15, -0.1) is 0 Å². The van der Waals surface area contributed by atoms with Crippen molar-refractivity contribution in [2.24, 2.45) is 0 Å². The van der Waals surface area contributed by atoms with Gasteiger partial charge >= 0.3 is 10.2 Å². The average molecular weight is 280 g/mol. The van der Waals surface area contributed by atoms with Crippen LogP contribution in [0.15, 0.2) is 54.6 Å². The number of anilines is 2. The Morgan fingerprint density at radius 1 is 0.947 bits per heavy atom. The summed E-state index contributed by atoms with van der Waals surface area (Å²) in [7, 11) is -2.81. The summed E-state index contributed by atoms with van der Waals surface area (Å²) in [6.45, 7) is 0. The minimum atomic E-state index is -4.31. The van der Waals surface area contributed by atoms with Gasteiger partial charge < -0.3 is 4.74 Å². The lowest BCUT2D eigenvalue weighted by atomic mass is 10.3. The van der Waals surface area contributed by atoms with Crippen LogP contribution in [0.1, 0.15) is 0 Å². The highest BCUT2D eigenvalue weighted by Crippen LogP contribution is 2.17. The molecule has 0 atom stereocenters. The lowest BCUT2D eigenvalue weighted by molar-refractivity contribution is 0.415. The molecule has 2 aromatic rings. The van der Waals surface area contributed by atoms with Crippen LogP contribution in [0, 0.1) is 0 Å². The normalized spacial score (nSPS) is 12.3. The molecular weight excluding hydrogens is 264 g/mol. The van der Waals surface area contributed by atoms with Gasteiger partial charge in [-0.2, -0.15) is 8.42 Å². The first-order valence-corrected chi connectivity index (χ1v) is 6.89. The van der Waals surface area contributed by atoms with Crippen molar-refractivity contribution in [3.05, 3.63) is 54.6 Å². The Labute approximate surface area is 115 Å². The first-order valence-electron chi connectivity index (χ1n) is 6.38. The van der Waals surface area contributed by atoms with Gasteiger partial charge in [-0.1, -0.05) is 18.2 Å². The summed E-state index contributed by atoms with van der Waals surface area (Å²) in [6, 6.07) is 13.9. The second-order valence-electron chi connectivity index (χ2n) is 3.66. The molecule has 0 bridgehead atoms. The lowest BCUT2D eigenvalue weighted by Crippen LogP contribution is -2.21. The van der Waals surface area contributed by atoms with E-state index >= 15 is 0 Å². The van der Waals surface area contributed by atoms with Gasteiger partial charge in [0, 0.05) is 0 Å². The van der Waals surface area contributed by atoms with Crippen molar-refractivity contribution in [2.45, 2.75) is 0 Å². The fourth-order valence-corrected chi connectivity index (χ4v) is 2.24. The molecule has 19 heavy (non-hydrogen) atoms. The molecule has 2 rings (SSSR count). The van der Waals surface area contributed by atoms with Crippen LogP contribution in [0.25, 0.3) is 0 Å². The minimum absolute atomic E-state index is 0.115. The number of hydrogen-bond donors (Lipinski definition) is 2. The number of para-hydroxylation sites is 1. The number of rotatable bonds is 5. The molecule has 0 saturated heterocycles. The van der Waals surface area contributed by atoms with Gasteiger partial charge in [0.15, 0.2) is 2.82 Å². The van der Waals surface area contributed by atoms with Crippen molar-refractivity contribution >= 4 is 21.6 Å². The van der Waals surface area contributed by atoms with Gasteiger partial charge in [0.2, 0.25) is 0 Å². The zero-order valence-corrected chi connectivity index (χ0v) is 11.0. The van der Waals surface area contributed by atoms with E-state index in [9.17, 15) is 8.42 Å². The Hall–Kier alpha value is -2.21. The van der Waals surface area contributed by atoms with Crippen molar-refractivity contribution < 1.29 is 16.0 Å². The van der Waals surface area contributed by atoms with E-state index in [1.54, 1.807) is 30.3 Å². The first kappa shape index (κ1) is 10.7. The van der Waals surface area contributed by atoms with E-state index in [0.29, 0.717) is 15.2 Å². The summed E-state index contributed by atoms with van der Waals surface area (Å²) in [5, 5.41) is 0. The van der Waals surface area contributed by atoms with Crippen LogP contribution in [0.5, 0.6) is 5.75 Å². The van der Waals surface area contributed by atoms with Gasteiger partial charge in [-0.05, 0) is 36.4 Å². The molecule has 0 aliphatic rings. The molecule has 0 aliphatic heterocycles. The monoisotopic (exact) mass is 280 g/mol. The van der Waals surface area contributed by atoms with E-state index in [1.165, 1.54) is 31.4 Å². The Morgan fingerprint density at radius 2 is 1.47 bits per heavy atom.